The van der Waals surface area contributed by atoms with E-state index in [-0.39, 0.29) is 6.03 Å². The highest BCUT2D eigenvalue weighted by molar-refractivity contribution is 6.30. The second-order valence-corrected chi connectivity index (χ2v) is 4.55. The first-order valence-electron chi connectivity index (χ1n) is 5.88. The van der Waals surface area contributed by atoms with E-state index in [4.69, 9.17) is 11.6 Å². The molecule has 0 bridgehead atoms. The maximum Gasteiger partial charge on any atom is 0.315 e. The number of carbonyl (C=O) groups excluding carboxylic acids is 1. The van der Waals surface area contributed by atoms with Gasteiger partial charge in [0.2, 0.25) is 0 Å². The molecule has 19 heavy (non-hydrogen) atoms. The van der Waals surface area contributed by atoms with E-state index in [1.807, 2.05) is 25.2 Å². The van der Waals surface area contributed by atoms with Crippen molar-refractivity contribution in [2.75, 3.05) is 0 Å². The van der Waals surface area contributed by atoms with Gasteiger partial charge in [-0.05, 0) is 23.8 Å². The summed E-state index contributed by atoms with van der Waals surface area (Å²) in [6.45, 7) is 0.914. The first-order valence-corrected chi connectivity index (χ1v) is 6.26. The SMILES string of the molecule is Cn1nccc1CNC(=O)NCc1ccc(Cl)cc1. The third-order valence-corrected chi connectivity index (χ3v) is 2.97. The molecule has 0 unspecified atom stereocenters. The van der Waals surface area contributed by atoms with Crippen molar-refractivity contribution in [3.05, 3.63) is 52.8 Å². The number of carbonyl (C=O) groups is 1. The molecule has 2 amide bonds. The Balaban J connectivity index is 1.76. The van der Waals surface area contributed by atoms with Crippen LogP contribution in [-0.4, -0.2) is 15.8 Å². The third kappa shape index (κ3) is 3.99. The number of nitrogens with one attached hydrogen (secondary N) is 2. The Morgan fingerprint density at radius 2 is 1.89 bits per heavy atom. The van der Waals surface area contributed by atoms with Gasteiger partial charge in [-0.15, -0.1) is 0 Å². The summed E-state index contributed by atoms with van der Waals surface area (Å²) in [6, 6.07) is 9.00. The molecule has 1 heterocycles. The standard InChI is InChI=1S/C13H15ClN4O/c1-18-12(6-7-17-18)9-16-13(19)15-8-10-2-4-11(14)5-3-10/h2-7H,8-9H2,1H3,(H2,15,16,19). The number of benzene rings is 1. The second-order valence-electron chi connectivity index (χ2n) is 4.11. The fourth-order valence-corrected chi connectivity index (χ4v) is 1.72. The predicted molar refractivity (Wildman–Crippen MR) is 73.7 cm³/mol. The van der Waals surface area contributed by atoms with Crippen LogP contribution in [0.15, 0.2) is 36.5 Å². The number of rotatable bonds is 4. The molecule has 0 aliphatic carbocycles. The summed E-state index contributed by atoms with van der Waals surface area (Å²) in [5.41, 5.74) is 1.95. The van der Waals surface area contributed by atoms with Gasteiger partial charge in [0.1, 0.15) is 0 Å². The topological polar surface area (TPSA) is 59.0 Å². The molecule has 0 saturated carbocycles. The highest BCUT2D eigenvalue weighted by Gasteiger charge is 2.03. The van der Waals surface area contributed by atoms with E-state index in [0.717, 1.165) is 11.3 Å². The van der Waals surface area contributed by atoms with Crippen LogP contribution in [0.1, 0.15) is 11.3 Å². The molecule has 0 fully saturated rings. The van der Waals surface area contributed by atoms with Crippen molar-refractivity contribution < 1.29 is 4.79 Å². The molecular formula is C13H15ClN4O. The van der Waals surface area contributed by atoms with Crippen molar-refractivity contribution in [2.45, 2.75) is 13.1 Å². The van der Waals surface area contributed by atoms with E-state index in [2.05, 4.69) is 15.7 Å². The normalized spacial score (nSPS) is 10.2. The average molecular weight is 279 g/mol. The first kappa shape index (κ1) is 13.4. The molecule has 0 aliphatic heterocycles. The van der Waals surface area contributed by atoms with Crippen molar-refractivity contribution in [1.29, 1.82) is 0 Å². The summed E-state index contributed by atoms with van der Waals surface area (Å²) in [4.78, 5) is 11.6. The number of halogens is 1. The molecule has 1 aromatic heterocycles. The van der Waals surface area contributed by atoms with Crippen LogP contribution < -0.4 is 10.6 Å². The zero-order chi connectivity index (χ0) is 13.7. The Morgan fingerprint density at radius 1 is 1.21 bits per heavy atom. The van der Waals surface area contributed by atoms with Gasteiger partial charge < -0.3 is 10.6 Å². The Kier molecular flexibility index (Phi) is 4.41. The minimum absolute atomic E-state index is 0.212. The first-order chi connectivity index (χ1) is 9.15. The highest BCUT2D eigenvalue weighted by Crippen LogP contribution is 2.08. The largest absolute Gasteiger partial charge is 0.334 e. The fraction of sp³-hybridized carbons (Fsp3) is 0.231. The summed E-state index contributed by atoms with van der Waals surface area (Å²) in [7, 11) is 1.84. The van der Waals surface area contributed by atoms with Crippen LogP contribution >= 0.6 is 11.6 Å². The lowest BCUT2D eigenvalue weighted by molar-refractivity contribution is 0.240. The Morgan fingerprint density at radius 3 is 2.53 bits per heavy atom. The summed E-state index contributed by atoms with van der Waals surface area (Å²) < 4.78 is 1.72. The molecule has 2 rings (SSSR count). The number of hydrogen-bond acceptors (Lipinski definition) is 2. The number of hydrogen-bond donors (Lipinski definition) is 2. The lowest BCUT2D eigenvalue weighted by atomic mass is 10.2. The van der Waals surface area contributed by atoms with Crippen LogP contribution in [0.25, 0.3) is 0 Å². The molecule has 5 nitrogen and oxygen atoms in total. The minimum Gasteiger partial charge on any atom is -0.334 e. The van der Waals surface area contributed by atoms with Gasteiger partial charge in [-0.2, -0.15) is 5.10 Å². The van der Waals surface area contributed by atoms with E-state index < -0.39 is 0 Å². The number of amides is 2. The summed E-state index contributed by atoms with van der Waals surface area (Å²) in [6.07, 6.45) is 1.70. The maximum absolute atomic E-state index is 11.6. The van der Waals surface area contributed by atoms with E-state index >= 15 is 0 Å². The fourth-order valence-electron chi connectivity index (χ4n) is 1.59. The summed E-state index contributed by atoms with van der Waals surface area (Å²) in [5, 5.41) is 10.3. The number of urea groups is 1. The van der Waals surface area contributed by atoms with Crippen molar-refractivity contribution in [2.24, 2.45) is 7.05 Å². The van der Waals surface area contributed by atoms with Gasteiger partial charge in [0.25, 0.3) is 0 Å². The molecule has 0 aliphatic rings. The third-order valence-electron chi connectivity index (χ3n) is 2.72. The van der Waals surface area contributed by atoms with Crippen molar-refractivity contribution in [3.63, 3.8) is 0 Å². The van der Waals surface area contributed by atoms with E-state index in [1.165, 1.54) is 0 Å². The van der Waals surface area contributed by atoms with E-state index in [1.54, 1.807) is 23.0 Å². The minimum atomic E-state index is -0.212. The van der Waals surface area contributed by atoms with Crippen LogP contribution in [0.3, 0.4) is 0 Å². The van der Waals surface area contributed by atoms with Gasteiger partial charge in [-0.1, -0.05) is 23.7 Å². The molecule has 1 aromatic carbocycles. The molecule has 6 heteroatoms. The number of aromatic nitrogens is 2. The maximum atomic E-state index is 11.6. The zero-order valence-electron chi connectivity index (χ0n) is 10.6. The Labute approximate surface area is 116 Å². The van der Waals surface area contributed by atoms with Gasteiger partial charge >= 0.3 is 6.03 Å². The van der Waals surface area contributed by atoms with Crippen molar-refractivity contribution in [3.8, 4) is 0 Å². The predicted octanol–water partition coefficient (Wildman–Crippen LogP) is 2.07. The molecule has 0 atom stereocenters. The molecule has 100 valence electrons. The van der Waals surface area contributed by atoms with E-state index in [0.29, 0.717) is 18.1 Å². The molecule has 0 spiro atoms. The van der Waals surface area contributed by atoms with Crippen molar-refractivity contribution >= 4 is 17.6 Å². The van der Waals surface area contributed by atoms with Crippen LogP contribution in [0.4, 0.5) is 4.79 Å². The average Bonchev–Trinajstić information content (AvgIpc) is 2.81. The second kappa shape index (κ2) is 6.24. The lowest BCUT2D eigenvalue weighted by Crippen LogP contribution is -2.35. The monoisotopic (exact) mass is 278 g/mol. The molecular weight excluding hydrogens is 264 g/mol. The highest BCUT2D eigenvalue weighted by atomic mass is 35.5. The van der Waals surface area contributed by atoms with Crippen molar-refractivity contribution in [1.82, 2.24) is 20.4 Å². The Hall–Kier alpha value is -2.01. The summed E-state index contributed by atoms with van der Waals surface area (Å²) in [5.74, 6) is 0. The van der Waals surface area contributed by atoms with Gasteiger partial charge in [0.05, 0.1) is 12.2 Å². The number of nitrogens with zero attached hydrogens (tertiary/aromatic N) is 2. The van der Waals surface area contributed by atoms with Crippen LogP contribution in [0.2, 0.25) is 5.02 Å². The molecule has 2 N–H and O–H groups in total. The number of aryl methyl sites for hydroxylation is 1. The van der Waals surface area contributed by atoms with Gasteiger partial charge in [0, 0.05) is 24.8 Å². The molecule has 0 radical (unpaired) electrons. The lowest BCUT2D eigenvalue weighted by Gasteiger charge is -2.08. The molecule has 0 saturated heterocycles. The summed E-state index contributed by atoms with van der Waals surface area (Å²) >= 11 is 5.79. The Bertz CT molecular complexity index is 550. The quantitative estimate of drug-likeness (QED) is 0.899. The molecule has 2 aromatic rings. The van der Waals surface area contributed by atoms with Gasteiger partial charge in [-0.3, -0.25) is 4.68 Å². The van der Waals surface area contributed by atoms with Crippen LogP contribution in [0.5, 0.6) is 0 Å². The van der Waals surface area contributed by atoms with E-state index in [9.17, 15) is 4.79 Å². The zero-order valence-corrected chi connectivity index (χ0v) is 11.3. The van der Waals surface area contributed by atoms with Gasteiger partial charge in [0.15, 0.2) is 0 Å². The van der Waals surface area contributed by atoms with Gasteiger partial charge in [-0.25, -0.2) is 4.79 Å². The smallest absolute Gasteiger partial charge is 0.315 e. The van der Waals surface area contributed by atoms with Crippen LogP contribution in [0, 0.1) is 0 Å². The van der Waals surface area contributed by atoms with Crippen LogP contribution in [-0.2, 0) is 20.1 Å².